The molecule has 0 saturated carbocycles. The number of thiazole rings is 1. The van der Waals surface area contributed by atoms with Crippen molar-refractivity contribution in [1.29, 1.82) is 0 Å². The standard InChI is InChI=1S/C23H17ClF3N3O2S2/c1-10(2)33-22-19(13-8-15(26)18(24)16(27)9-13)28-23(34-22)30-20(21(31)32)17(11(3)29-30)12-5-4-6-14(25)7-12/h4-10H,1-3H3,(H,31,32). The fourth-order valence-electron chi connectivity index (χ4n) is 3.41. The van der Waals surface area contributed by atoms with Gasteiger partial charge in [0.25, 0.3) is 0 Å². The highest BCUT2D eigenvalue weighted by Crippen LogP contribution is 2.41. The second-order valence-corrected chi connectivity index (χ2v) is 10.8. The van der Waals surface area contributed by atoms with E-state index in [1.807, 2.05) is 13.8 Å². The van der Waals surface area contributed by atoms with Crippen LogP contribution in [-0.2, 0) is 0 Å². The topological polar surface area (TPSA) is 68.0 Å². The number of hydrogen-bond donors (Lipinski definition) is 1. The van der Waals surface area contributed by atoms with Crippen LogP contribution in [0.15, 0.2) is 40.6 Å². The van der Waals surface area contributed by atoms with Gasteiger partial charge in [0.1, 0.15) is 22.5 Å². The van der Waals surface area contributed by atoms with Crippen molar-refractivity contribution < 1.29 is 23.1 Å². The molecule has 0 aliphatic rings. The second-order valence-electron chi connectivity index (χ2n) is 7.59. The largest absolute Gasteiger partial charge is 0.476 e. The number of carboxylic acid groups (broad SMARTS) is 1. The Bertz CT molecular complexity index is 1400. The maximum Gasteiger partial charge on any atom is 0.355 e. The molecule has 4 aromatic rings. The second kappa shape index (κ2) is 9.44. The summed E-state index contributed by atoms with van der Waals surface area (Å²) in [5.41, 5.74) is 1.22. The fraction of sp³-hybridized carbons (Fsp3) is 0.174. The molecule has 5 nitrogen and oxygen atoms in total. The van der Waals surface area contributed by atoms with Crippen LogP contribution in [0.4, 0.5) is 13.2 Å². The van der Waals surface area contributed by atoms with Gasteiger partial charge < -0.3 is 5.11 Å². The quantitative estimate of drug-likeness (QED) is 0.213. The van der Waals surface area contributed by atoms with Gasteiger partial charge >= 0.3 is 5.97 Å². The Balaban J connectivity index is 1.94. The number of benzene rings is 2. The van der Waals surface area contributed by atoms with Gasteiger partial charge in [-0.05, 0) is 36.8 Å². The van der Waals surface area contributed by atoms with E-state index in [-0.39, 0.29) is 32.9 Å². The zero-order valence-corrected chi connectivity index (χ0v) is 20.5. The molecule has 0 aliphatic heterocycles. The molecule has 0 radical (unpaired) electrons. The summed E-state index contributed by atoms with van der Waals surface area (Å²) in [6.45, 7) is 5.50. The molecule has 0 spiro atoms. The zero-order chi connectivity index (χ0) is 24.7. The minimum Gasteiger partial charge on any atom is -0.476 e. The Morgan fingerprint density at radius 3 is 2.41 bits per heavy atom. The first kappa shape index (κ1) is 24.3. The van der Waals surface area contributed by atoms with Gasteiger partial charge in [-0.3, -0.25) is 0 Å². The zero-order valence-electron chi connectivity index (χ0n) is 18.1. The molecule has 2 aromatic heterocycles. The van der Waals surface area contributed by atoms with Crippen LogP contribution in [0.2, 0.25) is 5.02 Å². The first-order chi connectivity index (χ1) is 16.1. The molecule has 11 heteroatoms. The van der Waals surface area contributed by atoms with E-state index in [2.05, 4.69) is 10.1 Å². The molecule has 0 bridgehead atoms. The fourth-order valence-corrected chi connectivity index (χ4v) is 5.99. The van der Waals surface area contributed by atoms with Crippen molar-refractivity contribution in [3.8, 4) is 27.5 Å². The van der Waals surface area contributed by atoms with Crippen LogP contribution in [0.3, 0.4) is 0 Å². The van der Waals surface area contributed by atoms with Crippen LogP contribution >= 0.6 is 34.7 Å². The molecule has 0 aliphatic carbocycles. The van der Waals surface area contributed by atoms with E-state index < -0.39 is 28.4 Å². The molecule has 0 atom stereocenters. The van der Waals surface area contributed by atoms with Crippen molar-refractivity contribution in [3.63, 3.8) is 0 Å². The van der Waals surface area contributed by atoms with Crippen LogP contribution in [0.5, 0.6) is 0 Å². The highest BCUT2D eigenvalue weighted by molar-refractivity contribution is 8.01. The Hall–Kier alpha value is -2.82. The summed E-state index contributed by atoms with van der Waals surface area (Å²) in [7, 11) is 0. The van der Waals surface area contributed by atoms with E-state index >= 15 is 0 Å². The number of aromatic nitrogens is 3. The van der Waals surface area contributed by atoms with Crippen LogP contribution in [-0.4, -0.2) is 31.1 Å². The maximum absolute atomic E-state index is 14.2. The third-order valence-electron chi connectivity index (χ3n) is 4.74. The van der Waals surface area contributed by atoms with Gasteiger partial charge in [-0.15, -0.1) is 11.8 Å². The van der Waals surface area contributed by atoms with Gasteiger partial charge in [0, 0.05) is 16.4 Å². The van der Waals surface area contributed by atoms with Crippen molar-refractivity contribution in [2.75, 3.05) is 0 Å². The summed E-state index contributed by atoms with van der Waals surface area (Å²) in [5.74, 6) is -3.65. The van der Waals surface area contributed by atoms with Gasteiger partial charge in [-0.25, -0.2) is 22.9 Å². The van der Waals surface area contributed by atoms with E-state index in [0.717, 1.165) is 23.5 Å². The number of aryl methyl sites for hydroxylation is 1. The first-order valence-corrected chi connectivity index (χ1v) is 12.1. The van der Waals surface area contributed by atoms with E-state index in [1.54, 1.807) is 13.0 Å². The highest BCUT2D eigenvalue weighted by Gasteiger charge is 2.27. The SMILES string of the molecule is Cc1nn(-c2nc(-c3cc(F)c(Cl)c(F)c3)c(SC(C)C)s2)c(C(=O)O)c1-c1cccc(F)c1. The number of aromatic carboxylic acids is 1. The van der Waals surface area contributed by atoms with Crippen molar-refractivity contribution in [3.05, 3.63) is 70.3 Å². The third-order valence-corrected chi connectivity index (χ3v) is 7.35. The van der Waals surface area contributed by atoms with E-state index in [9.17, 15) is 23.1 Å². The Morgan fingerprint density at radius 1 is 1.15 bits per heavy atom. The number of nitrogens with zero attached hydrogens (tertiary/aromatic N) is 3. The number of carbonyl (C=O) groups is 1. The number of rotatable bonds is 6. The summed E-state index contributed by atoms with van der Waals surface area (Å²) >= 11 is 8.18. The van der Waals surface area contributed by atoms with Gasteiger partial charge in [-0.2, -0.15) is 9.78 Å². The molecule has 2 heterocycles. The molecule has 2 aromatic carbocycles. The van der Waals surface area contributed by atoms with Crippen LogP contribution < -0.4 is 0 Å². The summed E-state index contributed by atoms with van der Waals surface area (Å²) in [6, 6.07) is 7.73. The Morgan fingerprint density at radius 2 is 1.82 bits per heavy atom. The molecular formula is C23H17ClF3N3O2S2. The Kier molecular flexibility index (Phi) is 6.75. The molecule has 0 unspecified atom stereocenters. The number of thioether (sulfide) groups is 1. The van der Waals surface area contributed by atoms with Gasteiger partial charge in [0.2, 0.25) is 5.13 Å². The number of halogens is 4. The van der Waals surface area contributed by atoms with Crippen molar-refractivity contribution >= 4 is 40.7 Å². The number of hydrogen-bond acceptors (Lipinski definition) is 5. The van der Waals surface area contributed by atoms with Gasteiger partial charge in [0.05, 0.1) is 15.6 Å². The molecule has 4 rings (SSSR count). The first-order valence-electron chi connectivity index (χ1n) is 9.98. The summed E-state index contributed by atoms with van der Waals surface area (Å²) in [5, 5.41) is 14.0. The van der Waals surface area contributed by atoms with Crippen LogP contribution in [0.1, 0.15) is 30.0 Å². The van der Waals surface area contributed by atoms with Crippen molar-refractivity contribution in [2.24, 2.45) is 0 Å². The third kappa shape index (κ3) is 4.57. The predicted molar refractivity (Wildman–Crippen MR) is 128 cm³/mol. The lowest BCUT2D eigenvalue weighted by Gasteiger charge is -2.06. The van der Waals surface area contributed by atoms with Crippen LogP contribution in [0.25, 0.3) is 27.5 Å². The van der Waals surface area contributed by atoms with Crippen molar-refractivity contribution in [2.45, 2.75) is 30.2 Å². The maximum atomic E-state index is 14.2. The summed E-state index contributed by atoms with van der Waals surface area (Å²) < 4.78 is 44.0. The van der Waals surface area contributed by atoms with Gasteiger partial charge in [-0.1, -0.05) is 48.9 Å². The minimum absolute atomic E-state index is 0.107. The smallest absolute Gasteiger partial charge is 0.355 e. The molecule has 34 heavy (non-hydrogen) atoms. The average molecular weight is 524 g/mol. The lowest BCUT2D eigenvalue weighted by atomic mass is 10.0. The van der Waals surface area contributed by atoms with Crippen molar-refractivity contribution in [1.82, 2.24) is 14.8 Å². The van der Waals surface area contributed by atoms with E-state index in [1.165, 1.54) is 34.6 Å². The van der Waals surface area contributed by atoms with E-state index in [4.69, 9.17) is 11.6 Å². The highest BCUT2D eigenvalue weighted by atomic mass is 35.5. The summed E-state index contributed by atoms with van der Waals surface area (Å²) in [6.07, 6.45) is 0. The predicted octanol–water partition coefficient (Wildman–Crippen LogP) is 7.24. The average Bonchev–Trinajstić information content (AvgIpc) is 3.32. The molecule has 0 saturated heterocycles. The van der Waals surface area contributed by atoms with Gasteiger partial charge in [0.15, 0.2) is 5.69 Å². The lowest BCUT2D eigenvalue weighted by Crippen LogP contribution is -2.09. The lowest BCUT2D eigenvalue weighted by molar-refractivity contribution is 0.0688. The summed E-state index contributed by atoms with van der Waals surface area (Å²) in [4.78, 5) is 16.8. The van der Waals surface area contributed by atoms with E-state index in [0.29, 0.717) is 15.5 Å². The Labute approximate surface area is 206 Å². The molecule has 0 fully saturated rings. The number of carboxylic acids is 1. The molecule has 0 amide bonds. The molecular weight excluding hydrogens is 507 g/mol. The normalized spacial score (nSPS) is 11.4. The molecule has 176 valence electrons. The monoisotopic (exact) mass is 523 g/mol. The minimum atomic E-state index is -1.28. The van der Waals surface area contributed by atoms with Crippen LogP contribution in [0, 0.1) is 24.4 Å². The molecule has 1 N–H and O–H groups in total.